The summed E-state index contributed by atoms with van der Waals surface area (Å²) in [4.78, 5) is 0. The predicted molar refractivity (Wildman–Crippen MR) is 54.6 cm³/mol. The van der Waals surface area contributed by atoms with Crippen LogP contribution < -0.4 is 9.47 Å². The van der Waals surface area contributed by atoms with Gasteiger partial charge in [0.05, 0.1) is 19.8 Å². The second-order valence-corrected chi connectivity index (χ2v) is 3.04. The minimum atomic E-state index is -4.47. The molecule has 0 aliphatic rings. The lowest BCUT2D eigenvalue weighted by Gasteiger charge is -2.14. The highest BCUT2D eigenvalue weighted by Gasteiger charge is 2.34. The zero-order valence-corrected chi connectivity index (χ0v) is 8.89. The second-order valence-electron chi connectivity index (χ2n) is 3.04. The maximum Gasteiger partial charge on any atom is 0.416 e. The number of rotatable bonds is 3. The Morgan fingerprint density at radius 2 is 1.81 bits per heavy atom. The summed E-state index contributed by atoms with van der Waals surface area (Å²) >= 11 is 0. The Kier molecular flexibility index (Phi) is 3.47. The number of hydrogen-bond acceptors (Lipinski definition) is 2. The summed E-state index contributed by atoms with van der Waals surface area (Å²) in [7, 11) is 2.72. The molecule has 0 amide bonds. The topological polar surface area (TPSA) is 18.5 Å². The Labute approximate surface area is 91.3 Å². The van der Waals surface area contributed by atoms with E-state index in [4.69, 9.17) is 9.47 Å². The van der Waals surface area contributed by atoms with Crippen molar-refractivity contribution in [3.63, 3.8) is 0 Å². The van der Waals surface area contributed by atoms with Gasteiger partial charge in [-0.05, 0) is 12.1 Å². The van der Waals surface area contributed by atoms with E-state index in [0.717, 1.165) is 0 Å². The number of benzene rings is 1. The first-order valence-electron chi connectivity index (χ1n) is 4.38. The molecular weight excluding hydrogens is 221 g/mol. The van der Waals surface area contributed by atoms with Gasteiger partial charge in [-0.15, -0.1) is 0 Å². The number of hydrogen-bond donors (Lipinski definition) is 0. The molecule has 0 saturated heterocycles. The Balaban J connectivity index is 3.19. The van der Waals surface area contributed by atoms with Gasteiger partial charge in [0, 0.05) is 11.6 Å². The lowest BCUT2D eigenvalue weighted by atomic mass is 10.1. The maximum atomic E-state index is 12.4. The number of methoxy groups -OCH3 is 2. The van der Waals surface area contributed by atoms with Crippen LogP contribution in [0.2, 0.25) is 0 Å². The van der Waals surface area contributed by atoms with Crippen molar-refractivity contribution in [1.29, 1.82) is 0 Å². The molecule has 0 unspecified atom stereocenters. The van der Waals surface area contributed by atoms with Crippen LogP contribution in [0.5, 0.6) is 11.5 Å². The first kappa shape index (κ1) is 12.4. The molecule has 0 heterocycles. The molecule has 0 bridgehead atoms. The molecule has 0 aliphatic carbocycles. The van der Waals surface area contributed by atoms with Crippen molar-refractivity contribution in [1.82, 2.24) is 0 Å². The van der Waals surface area contributed by atoms with Gasteiger partial charge in [-0.25, -0.2) is 0 Å². The lowest BCUT2D eigenvalue weighted by molar-refractivity contribution is -0.0687. The molecule has 0 aromatic heterocycles. The van der Waals surface area contributed by atoms with Crippen LogP contribution in [-0.4, -0.2) is 20.4 Å². The third-order valence-electron chi connectivity index (χ3n) is 2.08. The van der Waals surface area contributed by atoms with Crippen molar-refractivity contribution in [2.24, 2.45) is 0 Å². The fraction of sp³-hybridized carbons (Fsp3) is 0.273. The van der Waals surface area contributed by atoms with Gasteiger partial charge in [0.15, 0.2) is 0 Å². The molecule has 0 spiro atoms. The Morgan fingerprint density at radius 1 is 1.19 bits per heavy atom. The highest BCUT2D eigenvalue weighted by atomic mass is 19.4. The summed E-state index contributed by atoms with van der Waals surface area (Å²) in [5, 5.41) is 0. The Bertz CT molecular complexity index is 397. The maximum absolute atomic E-state index is 12.4. The number of allylic oxidation sites excluding steroid dienone is 1. The van der Waals surface area contributed by atoms with E-state index in [1.54, 1.807) is 0 Å². The van der Waals surface area contributed by atoms with Crippen LogP contribution in [0.3, 0.4) is 0 Å². The van der Waals surface area contributed by atoms with E-state index >= 15 is 0 Å². The first-order valence-corrected chi connectivity index (χ1v) is 4.38. The van der Waals surface area contributed by atoms with E-state index in [2.05, 4.69) is 6.58 Å². The minimum Gasteiger partial charge on any atom is -0.497 e. The van der Waals surface area contributed by atoms with E-state index in [9.17, 15) is 13.2 Å². The molecule has 0 N–H and O–H groups in total. The Morgan fingerprint density at radius 3 is 2.25 bits per heavy atom. The molecule has 88 valence electrons. The summed E-state index contributed by atoms with van der Waals surface area (Å²) in [6.45, 7) is 3.01. The molecule has 0 saturated carbocycles. The molecule has 1 aromatic carbocycles. The van der Waals surface area contributed by atoms with Gasteiger partial charge in [-0.1, -0.05) is 6.58 Å². The van der Waals surface area contributed by atoms with Crippen LogP contribution in [0.15, 0.2) is 24.8 Å². The van der Waals surface area contributed by atoms with E-state index in [0.29, 0.717) is 5.75 Å². The van der Waals surface area contributed by atoms with Crippen LogP contribution >= 0.6 is 0 Å². The van der Waals surface area contributed by atoms with E-state index < -0.39 is 11.7 Å². The fourth-order valence-electron chi connectivity index (χ4n) is 1.20. The van der Waals surface area contributed by atoms with E-state index in [-0.39, 0.29) is 11.3 Å². The van der Waals surface area contributed by atoms with Crippen LogP contribution in [0.25, 0.3) is 5.57 Å². The second kappa shape index (κ2) is 4.47. The molecule has 0 atom stereocenters. The molecule has 0 aliphatic heterocycles. The molecule has 1 aromatic rings. The predicted octanol–water partition coefficient (Wildman–Crippen LogP) is 3.28. The summed E-state index contributed by atoms with van der Waals surface area (Å²) in [5.74, 6) is 0.511. The average Bonchev–Trinajstić information content (AvgIpc) is 2.26. The van der Waals surface area contributed by atoms with Gasteiger partial charge in [0.25, 0.3) is 0 Å². The molecule has 16 heavy (non-hydrogen) atoms. The SMILES string of the molecule is C=C(c1ccc(OC)cc1OC)C(F)(F)F. The Hall–Kier alpha value is -1.65. The van der Waals surface area contributed by atoms with Crippen LogP contribution in [0, 0.1) is 0 Å². The zero-order chi connectivity index (χ0) is 12.3. The standard InChI is InChI=1S/C11H11F3O2/c1-7(11(12,13)14)9-5-4-8(15-2)6-10(9)16-3/h4-6H,1H2,2-3H3. The summed E-state index contributed by atoms with van der Waals surface area (Å²) < 4.78 is 47.1. The largest absolute Gasteiger partial charge is 0.497 e. The minimum absolute atomic E-state index is 0.0849. The molecule has 0 radical (unpaired) electrons. The van der Waals surface area contributed by atoms with Crippen molar-refractivity contribution in [3.05, 3.63) is 30.3 Å². The van der Waals surface area contributed by atoms with E-state index in [1.807, 2.05) is 0 Å². The summed E-state index contributed by atoms with van der Waals surface area (Å²) in [6, 6.07) is 4.08. The quantitative estimate of drug-likeness (QED) is 0.796. The number of ether oxygens (including phenoxy) is 2. The van der Waals surface area contributed by atoms with E-state index in [1.165, 1.54) is 32.4 Å². The zero-order valence-electron chi connectivity index (χ0n) is 8.89. The van der Waals surface area contributed by atoms with Crippen molar-refractivity contribution in [3.8, 4) is 11.5 Å². The van der Waals surface area contributed by atoms with Gasteiger partial charge in [0.2, 0.25) is 0 Å². The normalized spacial score (nSPS) is 11.1. The molecule has 5 heteroatoms. The van der Waals surface area contributed by atoms with Gasteiger partial charge in [0.1, 0.15) is 11.5 Å². The third kappa shape index (κ3) is 2.48. The van der Waals surface area contributed by atoms with Crippen LogP contribution in [0.4, 0.5) is 13.2 Å². The monoisotopic (exact) mass is 232 g/mol. The van der Waals surface area contributed by atoms with Gasteiger partial charge < -0.3 is 9.47 Å². The van der Waals surface area contributed by atoms with Gasteiger partial charge in [-0.3, -0.25) is 0 Å². The smallest absolute Gasteiger partial charge is 0.416 e. The summed E-state index contributed by atoms with van der Waals surface area (Å²) in [6.07, 6.45) is -4.47. The average molecular weight is 232 g/mol. The molecule has 0 fully saturated rings. The molecule has 2 nitrogen and oxygen atoms in total. The molecular formula is C11H11F3O2. The van der Waals surface area contributed by atoms with Crippen LogP contribution in [0.1, 0.15) is 5.56 Å². The number of alkyl halides is 3. The fourth-order valence-corrected chi connectivity index (χ4v) is 1.20. The molecule has 1 rings (SSSR count). The third-order valence-corrected chi connectivity index (χ3v) is 2.08. The van der Waals surface area contributed by atoms with Crippen LogP contribution in [-0.2, 0) is 0 Å². The van der Waals surface area contributed by atoms with Gasteiger partial charge in [-0.2, -0.15) is 13.2 Å². The highest BCUT2D eigenvalue weighted by Crippen LogP contribution is 2.38. The first-order chi connectivity index (χ1) is 7.40. The highest BCUT2D eigenvalue weighted by molar-refractivity contribution is 5.72. The lowest BCUT2D eigenvalue weighted by Crippen LogP contribution is -2.10. The van der Waals surface area contributed by atoms with Crippen molar-refractivity contribution in [2.75, 3.05) is 14.2 Å². The van der Waals surface area contributed by atoms with Crippen molar-refractivity contribution in [2.45, 2.75) is 6.18 Å². The van der Waals surface area contributed by atoms with Gasteiger partial charge >= 0.3 is 6.18 Å². The van der Waals surface area contributed by atoms with Crippen molar-refractivity contribution < 1.29 is 22.6 Å². The van der Waals surface area contributed by atoms with Crippen molar-refractivity contribution >= 4 is 5.57 Å². The number of halogens is 3. The summed E-state index contributed by atoms with van der Waals surface area (Å²) in [5.41, 5.74) is -1.03.